The Morgan fingerprint density at radius 3 is 2.20 bits per heavy atom. The summed E-state index contributed by atoms with van der Waals surface area (Å²) in [5.41, 5.74) is -0.117. The van der Waals surface area contributed by atoms with E-state index in [4.69, 9.17) is 9.66 Å². The Morgan fingerprint density at radius 2 is 1.64 bits per heavy atom. The molecule has 3 N–H and O–H groups in total. The van der Waals surface area contributed by atoms with Crippen LogP contribution in [-0.4, -0.2) is 22.0 Å². The molecule has 1 aliphatic rings. The van der Waals surface area contributed by atoms with Gasteiger partial charge in [0.25, 0.3) is 10.0 Å². The van der Waals surface area contributed by atoms with Crippen molar-refractivity contribution in [2.24, 2.45) is 5.14 Å². The monoisotopic (exact) mass is 385 g/mol. The molecule has 1 aromatic heterocycles. The largest absolute Gasteiger partial charge is 0.359 e. The first-order chi connectivity index (χ1) is 11.6. The molecule has 0 atom stereocenters. The molecule has 0 radical (unpaired) electrons. The van der Waals surface area contributed by atoms with Crippen LogP contribution < -0.4 is 9.86 Å². The molecule has 8 nitrogen and oxygen atoms in total. The van der Waals surface area contributed by atoms with Crippen molar-refractivity contribution < 1.29 is 21.4 Å². The number of nitrogens with one attached hydrogen (secondary N) is 1. The third-order valence-corrected chi connectivity index (χ3v) is 6.81. The van der Waals surface area contributed by atoms with Gasteiger partial charge in [-0.05, 0) is 37.1 Å². The Hall–Kier alpha value is -1.91. The molecule has 0 unspecified atom stereocenters. The zero-order valence-corrected chi connectivity index (χ0v) is 15.2. The number of anilines is 1. The number of hydrogen-bond donors (Lipinski definition) is 2. The highest BCUT2D eigenvalue weighted by molar-refractivity contribution is 7.92. The van der Waals surface area contributed by atoms with Crippen molar-refractivity contribution in [1.82, 2.24) is 5.16 Å². The summed E-state index contributed by atoms with van der Waals surface area (Å²) in [7, 11) is -7.79. The van der Waals surface area contributed by atoms with Crippen LogP contribution in [0.1, 0.15) is 38.4 Å². The van der Waals surface area contributed by atoms with Crippen molar-refractivity contribution in [3.63, 3.8) is 0 Å². The summed E-state index contributed by atoms with van der Waals surface area (Å²) in [6.45, 7) is 2.07. The highest BCUT2D eigenvalue weighted by Crippen LogP contribution is 2.41. The molecule has 1 fully saturated rings. The molecule has 0 spiro atoms. The molecule has 0 amide bonds. The molecular weight excluding hydrogens is 366 g/mol. The van der Waals surface area contributed by atoms with Gasteiger partial charge in [0.1, 0.15) is 5.76 Å². The van der Waals surface area contributed by atoms with E-state index in [9.17, 15) is 16.8 Å². The first-order valence-electron chi connectivity index (χ1n) is 7.73. The third kappa shape index (κ3) is 3.70. The number of benzene rings is 1. The molecule has 1 aliphatic carbocycles. The van der Waals surface area contributed by atoms with Gasteiger partial charge in [-0.25, -0.2) is 22.0 Å². The smallest absolute Gasteiger partial charge is 0.263 e. The van der Waals surface area contributed by atoms with Crippen molar-refractivity contribution in [2.45, 2.75) is 47.8 Å². The first-order valence-corrected chi connectivity index (χ1v) is 10.8. The molecule has 1 heterocycles. The number of nitrogens with zero attached hydrogens (tertiary/aromatic N) is 1. The fourth-order valence-corrected chi connectivity index (χ4v) is 4.51. The third-order valence-electron chi connectivity index (χ3n) is 4.51. The molecule has 3 rings (SSSR count). The standard InChI is InChI=1S/C15H19N3O5S2/c1-15(8-2-3-9-15)13-10-14(17-23-13)18-25(21,22)12-6-4-11(5-7-12)24(16,19)20/h4-7,10H,2-3,8-9H2,1H3,(H,17,18)(H2,16,19,20). The minimum atomic E-state index is -3.91. The number of sulfonamides is 2. The first kappa shape index (κ1) is 17.9. The van der Waals surface area contributed by atoms with Crippen molar-refractivity contribution in [1.29, 1.82) is 0 Å². The van der Waals surface area contributed by atoms with Gasteiger partial charge in [-0.15, -0.1) is 0 Å². The molecular formula is C15H19N3O5S2. The van der Waals surface area contributed by atoms with Crippen LogP contribution in [0.15, 0.2) is 44.6 Å². The summed E-state index contributed by atoms with van der Waals surface area (Å²) in [6.07, 6.45) is 4.16. The fraction of sp³-hybridized carbons (Fsp3) is 0.400. The van der Waals surface area contributed by atoms with E-state index in [2.05, 4.69) is 16.8 Å². The van der Waals surface area contributed by atoms with Gasteiger partial charge in [0.15, 0.2) is 5.82 Å². The Kier molecular flexibility index (Phi) is 4.38. The summed E-state index contributed by atoms with van der Waals surface area (Å²) in [4.78, 5) is -0.263. The second kappa shape index (κ2) is 6.11. The van der Waals surface area contributed by atoms with Gasteiger partial charge < -0.3 is 4.52 Å². The summed E-state index contributed by atoms with van der Waals surface area (Å²) < 4.78 is 54.9. The minimum Gasteiger partial charge on any atom is -0.359 e. The molecule has 0 bridgehead atoms. The van der Waals surface area contributed by atoms with Crippen LogP contribution in [0.5, 0.6) is 0 Å². The Balaban J connectivity index is 1.81. The Bertz CT molecular complexity index is 972. The van der Waals surface area contributed by atoms with E-state index in [1.807, 2.05) is 0 Å². The zero-order chi connectivity index (χ0) is 18.3. The Morgan fingerprint density at radius 1 is 1.08 bits per heavy atom. The molecule has 0 saturated heterocycles. The lowest BCUT2D eigenvalue weighted by molar-refractivity contribution is 0.306. The van der Waals surface area contributed by atoms with Crippen molar-refractivity contribution >= 4 is 25.9 Å². The van der Waals surface area contributed by atoms with Gasteiger partial charge in [-0.2, -0.15) is 0 Å². The zero-order valence-electron chi connectivity index (χ0n) is 13.6. The second-order valence-corrected chi connectivity index (χ2v) is 9.71. The maximum atomic E-state index is 12.4. The van der Waals surface area contributed by atoms with Gasteiger partial charge in [0, 0.05) is 11.5 Å². The van der Waals surface area contributed by atoms with E-state index in [-0.39, 0.29) is 21.0 Å². The van der Waals surface area contributed by atoms with E-state index in [1.165, 1.54) is 12.1 Å². The van der Waals surface area contributed by atoms with E-state index < -0.39 is 20.0 Å². The van der Waals surface area contributed by atoms with E-state index in [1.54, 1.807) is 6.07 Å². The molecule has 1 saturated carbocycles. The molecule has 10 heteroatoms. The second-order valence-electron chi connectivity index (χ2n) is 6.47. The van der Waals surface area contributed by atoms with E-state index in [0.717, 1.165) is 37.8 Å². The van der Waals surface area contributed by atoms with Crippen molar-refractivity contribution in [3.05, 3.63) is 36.1 Å². The van der Waals surface area contributed by atoms with E-state index >= 15 is 0 Å². The molecule has 1 aromatic carbocycles. The van der Waals surface area contributed by atoms with Crippen molar-refractivity contribution in [3.8, 4) is 0 Å². The van der Waals surface area contributed by atoms with Crippen LogP contribution in [0.4, 0.5) is 5.82 Å². The number of hydrogen-bond acceptors (Lipinski definition) is 6. The predicted molar refractivity (Wildman–Crippen MR) is 90.9 cm³/mol. The Labute approximate surface area is 146 Å². The lowest BCUT2D eigenvalue weighted by atomic mass is 9.86. The lowest BCUT2D eigenvalue weighted by Gasteiger charge is -2.18. The number of aromatic nitrogens is 1. The topological polar surface area (TPSA) is 132 Å². The highest BCUT2D eigenvalue weighted by atomic mass is 32.2. The SMILES string of the molecule is CC1(c2cc(NS(=O)(=O)c3ccc(S(N)(=O)=O)cc3)no2)CCCC1. The van der Waals surface area contributed by atoms with Gasteiger partial charge in [-0.1, -0.05) is 24.9 Å². The molecule has 25 heavy (non-hydrogen) atoms. The summed E-state index contributed by atoms with van der Waals surface area (Å²) in [5, 5.41) is 8.79. The van der Waals surface area contributed by atoms with Gasteiger partial charge in [0.05, 0.1) is 9.79 Å². The molecule has 136 valence electrons. The van der Waals surface area contributed by atoms with Crippen LogP contribution in [0.3, 0.4) is 0 Å². The fourth-order valence-electron chi connectivity index (χ4n) is 3.01. The van der Waals surface area contributed by atoms with Crippen molar-refractivity contribution in [2.75, 3.05) is 4.72 Å². The predicted octanol–water partition coefficient (Wildman–Crippen LogP) is 1.95. The highest BCUT2D eigenvalue weighted by Gasteiger charge is 2.34. The van der Waals surface area contributed by atoms with E-state index in [0.29, 0.717) is 5.76 Å². The molecule has 2 aromatic rings. The van der Waals surface area contributed by atoms with Gasteiger partial charge in [0.2, 0.25) is 10.0 Å². The van der Waals surface area contributed by atoms with Crippen LogP contribution >= 0.6 is 0 Å². The number of primary sulfonamides is 1. The van der Waals surface area contributed by atoms with Gasteiger partial charge in [-0.3, -0.25) is 4.72 Å². The summed E-state index contributed by atoms with van der Waals surface area (Å²) in [6, 6.07) is 6.21. The molecule has 0 aliphatic heterocycles. The minimum absolute atomic E-state index is 0.0960. The normalized spacial score (nSPS) is 17.5. The number of nitrogens with two attached hydrogens (primary N) is 1. The maximum Gasteiger partial charge on any atom is 0.263 e. The maximum absolute atomic E-state index is 12.4. The average molecular weight is 385 g/mol. The van der Waals surface area contributed by atoms with Crippen LogP contribution in [0.2, 0.25) is 0 Å². The lowest BCUT2D eigenvalue weighted by Crippen LogP contribution is -2.16. The summed E-state index contributed by atoms with van der Waals surface area (Å²) in [5.74, 6) is 0.755. The van der Waals surface area contributed by atoms with Crippen LogP contribution in [-0.2, 0) is 25.5 Å². The van der Waals surface area contributed by atoms with Crippen LogP contribution in [0.25, 0.3) is 0 Å². The number of rotatable bonds is 5. The quantitative estimate of drug-likeness (QED) is 0.808. The van der Waals surface area contributed by atoms with Gasteiger partial charge >= 0.3 is 0 Å². The van der Waals surface area contributed by atoms with Crippen LogP contribution in [0, 0.1) is 0 Å². The average Bonchev–Trinajstić information content (AvgIpc) is 3.16. The summed E-state index contributed by atoms with van der Waals surface area (Å²) >= 11 is 0.